The maximum atomic E-state index is 12.4. The summed E-state index contributed by atoms with van der Waals surface area (Å²) in [6, 6.07) is 14.0. The van der Waals surface area contributed by atoms with Gasteiger partial charge in [0, 0.05) is 7.11 Å². The van der Waals surface area contributed by atoms with Crippen LogP contribution in [0.1, 0.15) is 50.6 Å². The van der Waals surface area contributed by atoms with Crippen LogP contribution in [0.4, 0.5) is 4.79 Å². The molecule has 4 heteroatoms. The van der Waals surface area contributed by atoms with Crippen molar-refractivity contribution in [1.82, 2.24) is 5.32 Å². The second kappa shape index (κ2) is 10.3. The van der Waals surface area contributed by atoms with Gasteiger partial charge in [-0.05, 0) is 48.1 Å². The number of amides is 1. The van der Waals surface area contributed by atoms with Gasteiger partial charge in [-0.3, -0.25) is 0 Å². The van der Waals surface area contributed by atoms with E-state index < -0.39 is 6.09 Å². The Morgan fingerprint density at radius 2 is 1.89 bits per heavy atom. The van der Waals surface area contributed by atoms with Gasteiger partial charge in [0.15, 0.2) is 0 Å². The fraction of sp³-hybridized carbons (Fsp3) is 0.458. The molecule has 150 valence electrons. The van der Waals surface area contributed by atoms with Gasteiger partial charge in [-0.25, -0.2) is 4.79 Å². The van der Waals surface area contributed by atoms with Crippen LogP contribution in [0.25, 0.3) is 10.8 Å². The van der Waals surface area contributed by atoms with Gasteiger partial charge in [-0.1, -0.05) is 67.3 Å². The summed E-state index contributed by atoms with van der Waals surface area (Å²) in [4.78, 5) is 12.4. The maximum absolute atomic E-state index is 12.4. The first-order valence-electron chi connectivity index (χ1n) is 10.3. The van der Waals surface area contributed by atoms with E-state index in [1.54, 1.807) is 7.11 Å². The smallest absolute Gasteiger partial charge is 0.408 e. The zero-order valence-corrected chi connectivity index (χ0v) is 16.9. The molecule has 28 heavy (non-hydrogen) atoms. The highest BCUT2D eigenvalue weighted by Gasteiger charge is 2.18. The van der Waals surface area contributed by atoms with E-state index in [-0.39, 0.29) is 6.04 Å². The van der Waals surface area contributed by atoms with E-state index in [4.69, 9.17) is 9.47 Å². The Labute approximate surface area is 167 Å². The zero-order chi connectivity index (χ0) is 19.8. The Morgan fingerprint density at radius 1 is 1.14 bits per heavy atom. The number of nitrogens with one attached hydrogen (secondary N) is 1. The van der Waals surface area contributed by atoms with Gasteiger partial charge < -0.3 is 14.8 Å². The molecular formula is C24H31NO3. The number of carbonyl (C=O) groups excluding carboxylic acids is 1. The summed E-state index contributed by atoms with van der Waals surface area (Å²) >= 11 is 0. The SMILES string of the molecule is COCC(NC(=O)OC/C=C(\C)C1CCCCC1)c1cccc2ccccc12. The highest BCUT2D eigenvalue weighted by Crippen LogP contribution is 2.29. The Balaban J connectivity index is 1.61. The second-order valence-corrected chi connectivity index (χ2v) is 7.60. The molecule has 0 radical (unpaired) electrons. The van der Waals surface area contributed by atoms with Crippen molar-refractivity contribution in [3.8, 4) is 0 Å². The van der Waals surface area contributed by atoms with Crippen LogP contribution in [-0.2, 0) is 9.47 Å². The summed E-state index contributed by atoms with van der Waals surface area (Å²) < 4.78 is 10.8. The maximum Gasteiger partial charge on any atom is 0.408 e. The molecule has 1 atom stereocenters. The third kappa shape index (κ3) is 5.35. The average molecular weight is 382 g/mol. The van der Waals surface area contributed by atoms with Crippen LogP contribution in [0.5, 0.6) is 0 Å². The van der Waals surface area contributed by atoms with Crippen molar-refractivity contribution >= 4 is 16.9 Å². The lowest BCUT2D eigenvalue weighted by atomic mass is 9.84. The van der Waals surface area contributed by atoms with Gasteiger partial charge in [-0.15, -0.1) is 0 Å². The summed E-state index contributed by atoms with van der Waals surface area (Å²) in [6.45, 7) is 2.85. The lowest BCUT2D eigenvalue weighted by Gasteiger charge is -2.22. The third-order valence-corrected chi connectivity index (χ3v) is 5.69. The van der Waals surface area contributed by atoms with Gasteiger partial charge in [0.05, 0.1) is 12.6 Å². The number of carbonyl (C=O) groups is 1. The van der Waals surface area contributed by atoms with Crippen LogP contribution < -0.4 is 5.32 Å². The van der Waals surface area contributed by atoms with E-state index in [2.05, 4.69) is 36.5 Å². The molecule has 1 N–H and O–H groups in total. The Morgan fingerprint density at radius 3 is 2.68 bits per heavy atom. The van der Waals surface area contributed by atoms with Crippen molar-refractivity contribution in [2.75, 3.05) is 20.3 Å². The highest BCUT2D eigenvalue weighted by atomic mass is 16.5. The number of hydrogen-bond acceptors (Lipinski definition) is 3. The molecule has 2 aromatic rings. The quantitative estimate of drug-likeness (QED) is 0.618. The normalized spacial score (nSPS) is 16.7. The fourth-order valence-corrected chi connectivity index (χ4v) is 4.09. The molecule has 2 aromatic carbocycles. The van der Waals surface area contributed by atoms with E-state index >= 15 is 0 Å². The number of alkyl carbamates (subject to hydrolysis) is 1. The number of fused-ring (bicyclic) bond motifs is 1. The van der Waals surface area contributed by atoms with Crippen LogP contribution in [-0.4, -0.2) is 26.4 Å². The molecule has 1 amide bonds. The molecule has 1 aliphatic rings. The lowest BCUT2D eigenvalue weighted by Crippen LogP contribution is -2.32. The number of benzene rings is 2. The first kappa shape index (κ1) is 20.4. The Kier molecular flexibility index (Phi) is 7.49. The van der Waals surface area contributed by atoms with E-state index in [1.807, 2.05) is 24.3 Å². The molecule has 4 nitrogen and oxygen atoms in total. The molecule has 1 unspecified atom stereocenters. The van der Waals surface area contributed by atoms with Crippen molar-refractivity contribution in [3.63, 3.8) is 0 Å². The molecule has 0 aliphatic heterocycles. The Hall–Kier alpha value is -2.33. The topological polar surface area (TPSA) is 47.6 Å². The fourth-order valence-electron chi connectivity index (χ4n) is 4.09. The summed E-state index contributed by atoms with van der Waals surface area (Å²) in [5.41, 5.74) is 2.38. The Bertz CT molecular complexity index is 803. The number of rotatable bonds is 7. The highest BCUT2D eigenvalue weighted by molar-refractivity contribution is 5.86. The summed E-state index contributed by atoms with van der Waals surface area (Å²) in [5, 5.41) is 5.22. The predicted molar refractivity (Wildman–Crippen MR) is 113 cm³/mol. The van der Waals surface area contributed by atoms with Crippen molar-refractivity contribution < 1.29 is 14.3 Å². The van der Waals surface area contributed by atoms with E-state index in [0.717, 1.165) is 16.3 Å². The number of allylic oxidation sites excluding steroid dienone is 1. The van der Waals surface area contributed by atoms with Crippen LogP contribution in [0.15, 0.2) is 54.1 Å². The minimum atomic E-state index is -0.414. The standard InChI is InChI=1S/C24H31NO3/c1-18(19-9-4-3-5-10-19)15-16-28-24(26)25-23(17-27-2)22-14-8-12-20-11-6-7-13-21(20)22/h6-8,11-15,19,23H,3-5,9-10,16-17H2,1-2H3,(H,25,26)/b18-15+. The van der Waals surface area contributed by atoms with Crippen molar-refractivity contribution in [1.29, 1.82) is 0 Å². The third-order valence-electron chi connectivity index (χ3n) is 5.69. The van der Waals surface area contributed by atoms with Gasteiger partial charge in [0.2, 0.25) is 0 Å². The molecule has 0 spiro atoms. The molecule has 0 heterocycles. The van der Waals surface area contributed by atoms with Gasteiger partial charge in [0.1, 0.15) is 6.61 Å². The van der Waals surface area contributed by atoms with Crippen LogP contribution >= 0.6 is 0 Å². The molecule has 1 saturated carbocycles. The second-order valence-electron chi connectivity index (χ2n) is 7.60. The minimum Gasteiger partial charge on any atom is -0.445 e. The van der Waals surface area contributed by atoms with Crippen LogP contribution in [0, 0.1) is 5.92 Å². The summed E-state index contributed by atoms with van der Waals surface area (Å²) in [5.74, 6) is 0.650. The van der Waals surface area contributed by atoms with Crippen LogP contribution in [0.2, 0.25) is 0 Å². The van der Waals surface area contributed by atoms with Gasteiger partial charge in [-0.2, -0.15) is 0 Å². The van der Waals surface area contributed by atoms with Crippen LogP contribution in [0.3, 0.4) is 0 Å². The first-order valence-corrected chi connectivity index (χ1v) is 10.3. The molecule has 3 rings (SSSR count). The first-order chi connectivity index (χ1) is 13.7. The number of methoxy groups -OCH3 is 1. The zero-order valence-electron chi connectivity index (χ0n) is 16.9. The molecule has 1 aliphatic carbocycles. The van der Waals surface area contributed by atoms with E-state index in [0.29, 0.717) is 19.1 Å². The largest absolute Gasteiger partial charge is 0.445 e. The van der Waals surface area contributed by atoms with Crippen molar-refractivity contribution in [2.24, 2.45) is 5.92 Å². The van der Waals surface area contributed by atoms with E-state index in [9.17, 15) is 4.79 Å². The monoisotopic (exact) mass is 381 g/mol. The molecule has 0 saturated heterocycles. The summed E-state index contributed by atoms with van der Waals surface area (Å²) in [7, 11) is 1.64. The van der Waals surface area contributed by atoms with Crippen molar-refractivity contribution in [3.05, 3.63) is 59.7 Å². The summed E-state index contributed by atoms with van der Waals surface area (Å²) in [6.07, 6.45) is 8.11. The number of hydrogen-bond donors (Lipinski definition) is 1. The number of ether oxygens (including phenoxy) is 2. The minimum absolute atomic E-state index is 0.257. The molecule has 0 bridgehead atoms. The lowest BCUT2D eigenvalue weighted by molar-refractivity contribution is 0.133. The van der Waals surface area contributed by atoms with Gasteiger partial charge in [0.25, 0.3) is 0 Å². The molecule has 1 fully saturated rings. The predicted octanol–water partition coefficient (Wildman–Crippen LogP) is 5.78. The van der Waals surface area contributed by atoms with Gasteiger partial charge >= 0.3 is 6.09 Å². The van der Waals surface area contributed by atoms with Crippen molar-refractivity contribution in [2.45, 2.75) is 45.1 Å². The molecular weight excluding hydrogens is 350 g/mol. The average Bonchev–Trinajstić information content (AvgIpc) is 2.73. The molecule has 0 aromatic heterocycles. The van der Waals surface area contributed by atoms with E-state index in [1.165, 1.54) is 37.7 Å².